The summed E-state index contributed by atoms with van der Waals surface area (Å²) in [5, 5.41) is 3.52. The summed E-state index contributed by atoms with van der Waals surface area (Å²) < 4.78 is 5.84. The fourth-order valence-corrected chi connectivity index (χ4v) is 2.29. The van der Waals surface area contributed by atoms with Crippen LogP contribution in [0.25, 0.3) is 0 Å². The van der Waals surface area contributed by atoms with Gasteiger partial charge in [-0.25, -0.2) is 0 Å². The van der Waals surface area contributed by atoms with E-state index in [2.05, 4.69) is 36.4 Å². The minimum Gasteiger partial charge on any atom is -0.493 e. The van der Waals surface area contributed by atoms with Crippen LogP contribution in [0.3, 0.4) is 0 Å². The molecular weight excluding hydrogens is 210 g/mol. The number of nitrogens with one attached hydrogen (secondary N) is 1. The first-order valence-corrected chi connectivity index (χ1v) is 6.22. The average Bonchev–Trinajstić information content (AvgIpc) is 2.54. The Labute approximate surface area is 103 Å². The van der Waals surface area contributed by atoms with Crippen LogP contribution in [-0.4, -0.2) is 13.2 Å². The van der Waals surface area contributed by atoms with Crippen molar-refractivity contribution in [2.45, 2.75) is 32.2 Å². The highest BCUT2D eigenvalue weighted by atomic mass is 16.5. The molecule has 0 aliphatic carbocycles. The summed E-state index contributed by atoms with van der Waals surface area (Å²) in [6, 6.07) is 6.73. The Balaban J connectivity index is 2.18. The lowest BCUT2D eigenvalue weighted by Crippen LogP contribution is -2.22. The van der Waals surface area contributed by atoms with E-state index in [0.717, 1.165) is 38.2 Å². The highest BCUT2D eigenvalue weighted by Gasteiger charge is 2.19. The van der Waals surface area contributed by atoms with E-state index in [1.807, 2.05) is 0 Å². The molecule has 0 radical (unpaired) electrons. The fourth-order valence-electron chi connectivity index (χ4n) is 2.29. The lowest BCUT2D eigenvalue weighted by Gasteiger charge is -2.18. The summed E-state index contributed by atoms with van der Waals surface area (Å²) in [5.74, 6) is 3.72. The van der Waals surface area contributed by atoms with Gasteiger partial charge in [0.05, 0.1) is 6.61 Å². The van der Waals surface area contributed by atoms with Crippen molar-refractivity contribution in [3.05, 3.63) is 29.3 Å². The standard InChI is InChI=1S/C15H19NO/c1-3-4-10-16-14-9-6-11-17-15-12(2)7-5-8-13(14)15/h1,5,7-8,14,16H,4,6,9-11H2,2H3. The predicted molar refractivity (Wildman–Crippen MR) is 70.1 cm³/mol. The largest absolute Gasteiger partial charge is 0.493 e. The number of benzene rings is 1. The highest BCUT2D eigenvalue weighted by Crippen LogP contribution is 2.33. The molecule has 1 aromatic rings. The van der Waals surface area contributed by atoms with E-state index in [0.29, 0.717) is 6.04 Å². The molecule has 1 heterocycles. The van der Waals surface area contributed by atoms with Crippen molar-refractivity contribution in [1.29, 1.82) is 0 Å². The van der Waals surface area contributed by atoms with Gasteiger partial charge in [-0.05, 0) is 25.3 Å². The van der Waals surface area contributed by atoms with Crippen LogP contribution in [0.15, 0.2) is 18.2 Å². The number of hydrogen-bond donors (Lipinski definition) is 1. The number of hydrogen-bond acceptors (Lipinski definition) is 2. The Kier molecular flexibility index (Phi) is 4.06. The van der Waals surface area contributed by atoms with Crippen molar-refractivity contribution in [2.24, 2.45) is 0 Å². The maximum absolute atomic E-state index is 5.84. The molecule has 1 N–H and O–H groups in total. The van der Waals surface area contributed by atoms with Crippen molar-refractivity contribution in [1.82, 2.24) is 5.32 Å². The van der Waals surface area contributed by atoms with Gasteiger partial charge in [-0.2, -0.15) is 0 Å². The van der Waals surface area contributed by atoms with Crippen LogP contribution in [0.1, 0.15) is 36.4 Å². The van der Waals surface area contributed by atoms with E-state index in [4.69, 9.17) is 11.2 Å². The molecule has 0 bridgehead atoms. The zero-order valence-corrected chi connectivity index (χ0v) is 10.3. The van der Waals surface area contributed by atoms with Crippen LogP contribution in [0.5, 0.6) is 5.75 Å². The van der Waals surface area contributed by atoms with Crippen molar-refractivity contribution in [3.63, 3.8) is 0 Å². The van der Waals surface area contributed by atoms with Gasteiger partial charge in [-0.1, -0.05) is 18.2 Å². The van der Waals surface area contributed by atoms with E-state index in [-0.39, 0.29) is 0 Å². The molecule has 0 aromatic heterocycles. The first-order chi connectivity index (χ1) is 8.33. The SMILES string of the molecule is C#CCCNC1CCCOc2c(C)cccc21. The minimum atomic E-state index is 0.376. The molecule has 17 heavy (non-hydrogen) atoms. The molecule has 90 valence electrons. The number of aryl methyl sites for hydroxylation is 1. The zero-order chi connectivity index (χ0) is 12.1. The first kappa shape index (κ1) is 12.0. The molecule has 1 aromatic carbocycles. The van der Waals surface area contributed by atoms with Crippen molar-refractivity contribution >= 4 is 0 Å². The normalized spacial score (nSPS) is 18.7. The Morgan fingerprint density at radius 3 is 3.24 bits per heavy atom. The number of fused-ring (bicyclic) bond motifs is 1. The van der Waals surface area contributed by atoms with Gasteiger partial charge in [0.25, 0.3) is 0 Å². The van der Waals surface area contributed by atoms with Gasteiger partial charge in [-0.3, -0.25) is 0 Å². The van der Waals surface area contributed by atoms with Crippen LogP contribution in [0, 0.1) is 19.3 Å². The van der Waals surface area contributed by atoms with Gasteiger partial charge in [0.1, 0.15) is 5.75 Å². The minimum absolute atomic E-state index is 0.376. The lowest BCUT2D eigenvalue weighted by molar-refractivity contribution is 0.313. The van der Waals surface area contributed by atoms with E-state index in [9.17, 15) is 0 Å². The summed E-state index contributed by atoms with van der Waals surface area (Å²) in [5.41, 5.74) is 2.49. The van der Waals surface area contributed by atoms with E-state index < -0.39 is 0 Å². The predicted octanol–water partition coefficient (Wildman–Crippen LogP) is 2.82. The second kappa shape index (κ2) is 5.75. The van der Waals surface area contributed by atoms with Gasteiger partial charge in [-0.15, -0.1) is 12.3 Å². The molecule has 0 amide bonds. The summed E-state index contributed by atoms with van der Waals surface area (Å²) in [7, 11) is 0. The van der Waals surface area contributed by atoms with Crippen LogP contribution in [-0.2, 0) is 0 Å². The molecule has 2 rings (SSSR count). The van der Waals surface area contributed by atoms with E-state index in [1.54, 1.807) is 0 Å². The third-order valence-electron chi connectivity index (χ3n) is 3.16. The summed E-state index contributed by atoms with van der Waals surface area (Å²) in [6.07, 6.45) is 8.25. The van der Waals surface area contributed by atoms with Crippen LogP contribution in [0.2, 0.25) is 0 Å². The van der Waals surface area contributed by atoms with Crippen molar-refractivity contribution < 1.29 is 4.74 Å². The van der Waals surface area contributed by atoms with Gasteiger partial charge in [0.15, 0.2) is 0 Å². The highest BCUT2D eigenvalue weighted by molar-refractivity contribution is 5.43. The molecule has 2 nitrogen and oxygen atoms in total. The number of para-hydroxylation sites is 1. The molecule has 0 spiro atoms. The van der Waals surface area contributed by atoms with Gasteiger partial charge in [0, 0.05) is 24.6 Å². The second-order valence-electron chi connectivity index (χ2n) is 4.44. The van der Waals surface area contributed by atoms with Crippen LogP contribution < -0.4 is 10.1 Å². The number of ether oxygens (including phenoxy) is 1. The molecule has 1 atom stereocenters. The third-order valence-corrected chi connectivity index (χ3v) is 3.16. The van der Waals surface area contributed by atoms with Gasteiger partial charge < -0.3 is 10.1 Å². The summed E-state index contributed by atoms with van der Waals surface area (Å²) in [6.45, 7) is 3.78. The molecule has 1 aliphatic heterocycles. The first-order valence-electron chi connectivity index (χ1n) is 6.22. The van der Waals surface area contributed by atoms with Crippen LogP contribution >= 0.6 is 0 Å². The van der Waals surface area contributed by atoms with Gasteiger partial charge >= 0.3 is 0 Å². The third kappa shape index (κ3) is 2.81. The Morgan fingerprint density at radius 1 is 1.53 bits per heavy atom. The molecule has 2 heteroatoms. The van der Waals surface area contributed by atoms with E-state index in [1.165, 1.54) is 11.1 Å². The summed E-state index contributed by atoms with van der Waals surface area (Å²) in [4.78, 5) is 0. The summed E-state index contributed by atoms with van der Waals surface area (Å²) >= 11 is 0. The maximum atomic E-state index is 5.84. The Morgan fingerprint density at radius 2 is 2.41 bits per heavy atom. The number of rotatable bonds is 3. The monoisotopic (exact) mass is 229 g/mol. The molecule has 1 unspecified atom stereocenters. The Hall–Kier alpha value is -1.46. The maximum Gasteiger partial charge on any atom is 0.126 e. The van der Waals surface area contributed by atoms with Gasteiger partial charge in [0.2, 0.25) is 0 Å². The van der Waals surface area contributed by atoms with Crippen LogP contribution in [0.4, 0.5) is 0 Å². The number of terminal acetylenes is 1. The molecule has 0 saturated carbocycles. The molecule has 0 saturated heterocycles. The quantitative estimate of drug-likeness (QED) is 0.635. The smallest absolute Gasteiger partial charge is 0.126 e. The second-order valence-corrected chi connectivity index (χ2v) is 4.44. The molecule has 0 fully saturated rings. The van der Waals surface area contributed by atoms with Crippen molar-refractivity contribution in [2.75, 3.05) is 13.2 Å². The van der Waals surface area contributed by atoms with Crippen molar-refractivity contribution in [3.8, 4) is 18.1 Å². The lowest BCUT2D eigenvalue weighted by atomic mass is 10.00. The average molecular weight is 229 g/mol. The zero-order valence-electron chi connectivity index (χ0n) is 10.3. The topological polar surface area (TPSA) is 21.3 Å². The molecule has 1 aliphatic rings. The fraction of sp³-hybridized carbons (Fsp3) is 0.467. The molecular formula is C15H19NO. The Bertz CT molecular complexity index is 419. The van der Waals surface area contributed by atoms with E-state index >= 15 is 0 Å².